The van der Waals surface area contributed by atoms with Crippen LogP contribution in [0.2, 0.25) is 0 Å². The SMILES string of the molecule is CCOC(=O)c1cc2cccc(OC)c2n2cnnc12. The molecule has 0 aliphatic rings. The summed E-state index contributed by atoms with van der Waals surface area (Å²) in [6, 6.07) is 7.37. The maximum absolute atomic E-state index is 12.0. The molecule has 0 unspecified atom stereocenters. The van der Waals surface area contributed by atoms with E-state index < -0.39 is 5.97 Å². The third-order valence-corrected chi connectivity index (χ3v) is 3.07. The van der Waals surface area contributed by atoms with Gasteiger partial charge in [0.1, 0.15) is 17.6 Å². The Morgan fingerprint density at radius 1 is 1.40 bits per heavy atom. The van der Waals surface area contributed by atoms with Gasteiger partial charge in [0.25, 0.3) is 0 Å². The number of carbonyl (C=O) groups is 1. The first-order valence-corrected chi connectivity index (χ1v) is 6.22. The molecule has 2 aromatic heterocycles. The molecule has 0 bridgehead atoms. The molecule has 0 aliphatic heterocycles. The molecule has 6 heteroatoms. The van der Waals surface area contributed by atoms with E-state index in [1.54, 1.807) is 30.8 Å². The highest BCUT2D eigenvalue weighted by Gasteiger charge is 2.17. The van der Waals surface area contributed by atoms with Crippen LogP contribution in [0.15, 0.2) is 30.6 Å². The van der Waals surface area contributed by atoms with Crippen LogP contribution in [0, 0.1) is 0 Å². The Morgan fingerprint density at radius 2 is 2.25 bits per heavy atom. The van der Waals surface area contributed by atoms with Crippen molar-refractivity contribution in [3.63, 3.8) is 0 Å². The molecule has 0 N–H and O–H groups in total. The molecule has 1 aromatic carbocycles. The smallest absolute Gasteiger partial charge is 0.342 e. The summed E-state index contributed by atoms with van der Waals surface area (Å²) in [7, 11) is 1.60. The van der Waals surface area contributed by atoms with Crippen molar-refractivity contribution in [3.05, 3.63) is 36.2 Å². The molecular weight excluding hydrogens is 258 g/mol. The number of para-hydroxylation sites is 1. The zero-order valence-corrected chi connectivity index (χ0v) is 11.2. The van der Waals surface area contributed by atoms with Gasteiger partial charge in [0.05, 0.1) is 19.2 Å². The summed E-state index contributed by atoms with van der Waals surface area (Å²) in [6.07, 6.45) is 1.56. The third kappa shape index (κ3) is 1.77. The number of esters is 1. The van der Waals surface area contributed by atoms with Crippen LogP contribution in [0.25, 0.3) is 16.6 Å². The molecule has 0 saturated heterocycles. The maximum atomic E-state index is 12.0. The lowest BCUT2D eigenvalue weighted by atomic mass is 10.1. The third-order valence-electron chi connectivity index (χ3n) is 3.07. The highest BCUT2D eigenvalue weighted by atomic mass is 16.5. The van der Waals surface area contributed by atoms with Crippen LogP contribution in [0.4, 0.5) is 0 Å². The average molecular weight is 271 g/mol. The van der Waals surface area contributed by atoms with Crippen LogP contribution in [-0.4, -0.2) is 34.3 Å². The number of rotatable bonds is 3. The molecule has 6 nitrogen and oxygen atoms in total. The Kier molecular flexibility index (Phi) is 2.98. The number of pyridine rings is 1. The molecule has 0 spiro atoms. The first-order valence-electron chi connectivity index (χ1n) is 6.22. The Labute approximate surface area is 114 Å². The van der Waals surface area contributed by atoms with Gasteiger partial charge in [0, 0.05) is 5.39 Å². The lowest BCUT2D eigenvalue weighted by Crippen LogP contribution is -2.07. The van der Waals surface area contributed by atoms with Crippen molar-refractivity contribution in [1.29, 1.82) is 0 Å². The van der Waals surface area contributed by atoms with Crippen LogP contribution in [0.3, 0.4) is 0 Å². The molecule has 20 heavy (non-hydrogen) atoms. The van der Waals surface area contributed by atoms with Crippen LogP contribution in [-0.2, 0) is 4.74 Å². The second-order valence-corrected chi connectivity index (χ2v) is 4.20. The van der Waals surface area contributed by atoms with Gasteiger partial charge in [-0.3, -0.25) is 4.40 Å². The quantitative estimate of drug-likeness (QED) is 0.682. The Hall–Kier alpha value is -2.63. The maximum Gasteiger partial charge on any atom is 0.342 e. The van der Waals surface area contributed by atoms with Crippen molar-refractivity contribution in [3.8, 4) is 5.75 Å². The predicted molar refractivity (Wildman–Crippen MR) is 73.0 cm³/mol. The molecule has 2 heterocycles. The minimum atomic E-state index is -0.407. The molecule has 3 aromatic rings. The minimum absolute atomic E-state index is 0.315. The van der Waals surface area contributed by atoms with E-state index in [9.17, 15) is 4.79 Å². The van der Waals surface area contributed by atoms with Gasteiger partial charge in [-0.05, 0) is 19.1 Å². The summed E-state index contributed by atoms with van der Waals surface area (Å²) in [5, 5.41) is 8.74. The van der Waals surface area contributed by atoms with Gasteiger partial charge in [0.15, 0.2) is 5.65 Å². The lowest BCUT2D eigenvalue weighted by Gasteiger charge is -2.10. The summed E-state index contributed by atoms with van der Waals surface area (Å²) in [4.78, 5) is 12.0. The number of hydrogen-bond acceptors (Lipinski definition) is 5. The van der Waals surface area contributed by atoms with Crippen LogP contribution >= 0.6 is 0 Å². The van der Waals surface area contributed by atoms with E-state index in [2.05, 4.69) is 10.2 Å². The monoisotopic (exact) mass is 271 g/mol. The van der Waals surface area contributed by atoms with E-state index in [4.69, 9.17) is 9.47 Å². The highest BCUT2D eigenvalue weighted by Crippen LogP contribution is 2.28. The largest absolute Gasteiger partial charge is 0.495 e. The van der Waals surface area contributed by atoms with Crippen molar-refractivity contribution >= 4 is 22.5 Å². The standard InChI is InChI=1S/C14H13N3O3/c1-3-20-14(18)10-7-9-5-4-6-11(19-2)12(9)17-8-15-16-13(10)17/h4-8H,3H2,1-2H3. The van der Waals surface area contributed by atoms with E-state index >= 15 is 0 Å². The first kappa shape index (κ1) is 12.4. The number of methoxy groups -OCH3 is 1. The Balaban J connectivity index is 2.38. The molecule has 102 valence electrons. The Morgan fingerprint density at radius 3 is 3.00 bits per heavy atom. The summed E-state index contributed by atoms with van der Waals surface area (Å²) in [5.41, 5.74) is 1.67. The normalized spacial score (nSPS) is 10.9. The fraction of sp³-hybridized carbons (Fsp3) is 0.214. The number of hydrogen-bond donors (Lipinski definition) is 0. The zero-order chi connectivity index (χ0) is 14.1. The molecule has 0 aliphatic carbocycles. The zero-order valence-electron chi connectivity index (χ0n) is 11.2. The molecule has 0 radical (unpaired) electrons. The number of benzene rings is 1. The van der Waals surface area contributed by atoms with Gasteiger partial charge < -0.3 is 9.47 Å². The average Bonchev–Trinajstić information content (AvgIpc) is 2.95. The van der Waals surface area contributed by atoms with Crippen molar-refractivity contribution < 1.29 is 14.3 Å². The molecule has 0 amide bonds. The second kappa shape index (κ2) is 4.80. The fourth-order valence-electron chi connectivity index (χ4n) is 2.24. The molecule has 0 saturated carbocycles. The Bertz CT molecular complexity index is 795. The van der Waals surface area contributed by atoms with Crippen molar-refractivity contribution in [1.82, 2.24) is 14.6 Å². The van der Waals surface area contributed by atoms with Gasteiger partial charge in [-0.15, -0.1) is 10.2 Å². The van der Waals surface area contributed by atoms with Crippen molar-refractivity contribution in [2.45, 2.75) is 6.92 Å². The number of ether oxygens (including phenoxy) is 2. The summed E-state index contributed by atoms with van der Waals surface area (Å²) in [5.74, 6) is 0.290. The topological polar surface area (TPSA) is 65.7 Å². The molecular formula is C14H13N3O3. The minimum Gasteiger partial charge on any atom is -0.495 e. The van der Waals surface area contributed by atoms with Crippen molar-refractivity contribution in [2.24, 2.45) is 0 Å². The van der Waals surface area contributed by atoms with E-state index in [-0.39, 0.29) is 0 Å². The summed E-state index contributed by atoms with van der Waals surface area (Å²) >= 11 is 0. The lowest BCUT2D eigenvalue weighted by molar-refractivity contribution is 0.0528. The van der Waals surface area contributed by atoms with Crippen LogP contribution < -0.4 is 4.74 Å². The van der Waals surface area contributed by atoms with Gasteiger partial charge in [0.2, 0.25) is 0 Å². The highest BCUT2D eigenvalue weighted by molar-refractivity contribution is 6.01. The number of fused-ring (bicyclic) bond motifs is 3. The van der Waals surface area contributed by atoms with E-state index in [1.165, 1.54) is 0 Å². The predicted octanol–water partition coefficient (Wildman–Crippen LogP) is 2.07. The van der Waals surface area contributed by atoms with Gasteiger partial charge >= 0.3 is 5.97 Å². The van der Waals surface area contributed by atoms with E-state index in [1.807, 2.05) is 18.2 Å². The number of aromatic nitrogens is 3. The molecule has 3 rings (SSSR count). The van der Waals surface area contributed by atoms with E-state index in [0.717, 1.165) is 10.9 Å². The summed E-state index contributed by atoms with van der Waals surface area (Å²) < 4.78 is 12.2. The molecule has 0 fully saturated rings. The second-order valence-electron chi connectivity index (χ2n) is 4.20. The van der Waals surface area contributed by atoms with Gasteiger partial charge in [-0.25, -0.2) is 4.79 Å². The van der Waals surface area contributed by atoms with E-state index in [0.29, 0.717) is 23.6 Å². The number of nitrogens with zero attached hydrogens (tertiary/aromatic N) is 3. The fourth-order valence-corrected chi connectivity index (χ4v) is 2.24. The molecule has 0 atom stereocenters. The van der Waals surface area contributed by atoms with Crippen LogP contribution in [0.5, 0.6) is 5.75 Å². The van der Waals surface area contributed by atoms with Gasteiger partial charge in [-0.2, -0.15) is 0 Å². The van der Waals surface area contributed by atoms with Gasteiger partial charge in [-0.1, -0.05) is 12.1 Å². The summed E-state index contributed by atoms with van der Waals surface area (Å²) in [6.45, 7) is 2.08. The first-order chi connectivity index (χ1) is 9.76. The van der Waals surface area contributed by atoms with Crippen LogP contribution in [0.1, 0.15) is 17.3 Å². The number of carbonyl (C=O) groups excluding carboxylic acids is 1. The van der Waals surface area contributed by atoms with Crippen molar-refractivity contribution in [2.75, 3.05) is 13.7 Å².